The van der Waals surface area contributed by atoms with E-state index in [0.717, 1.165) is 24.4 Å². The molecule has 1 N–H and O–H groups in total. The SMILES string of the molecule is CCNC(Cc1ccc(Cl)cc1F)C1CC1C. The Morgan fingerprint density at radius 2 is 2.24 bits per heavy atom. The zero-order valence-electron chi connectivity index (χ0n) is 10.3. The number of halogens is 2. The molecule has 1 aromatic carbocycles. The largest absolute Gasteiger partial charge is 0.314 e. The van der Waals surface area contributed by atoms with Crippen molar-refractivity contribution >= 4 is 11.6 Å². The maximum Gasteiger partial charge on any atom is 0.127 e. The van der Waals surface area contributed by atoms with Gasteiger partial charge in [-0.25, -0.2) is 4.39 Å². The molecule has 0 heterocycles. The Morgan fingerprint density at radius 1 is 1.53 bits per heavy atom. The first kappa shape index (κ1) is 12.8. The van der Waals surface area contributed by atoms with Gasteiger partial charge in [0.05, 0.1) is 0 Å². The molecule has 0 saturated heterocycles. The molecular weight excluding hydrogens is 237 g/mol. The highest BCUT2D eigenvalue weighted by Crippen LogP contribution is 2.41. The molecule has 17 heavy (non-hydrogen) atoms. The van der Waals surface area contributed by atoms with Gasteiger partial charge in [-0.1, -0.05) is 31.5 Å². The van der Waals surface area contributed by atoms with Gasteiger partial charge in [-0.2, -0.15) is 0 Å². The van der Waals surface area contributed by atoms with Crippen LogP contribution in [0.15, 0.2) is 18.2 Å². The number of hydrogen-bond acceptors (Lipinski definition) is 1. The van der Waals surface area contributed by atoms with E-state index in [2.05, 4.69) is 19.2 Å². The molecule has 1 aliphatic rings. The fourth-order valence-corrected chi connectivity index (χ4v) is 2.63. The van der Waals surface area contributed by atoms with Crippen LogP contribution in [0, 0.1) is 17.7 Å². The highest BCUT2D eigenvalue weighted by molar-refractivity contribution is 6.30. The first-order chi connectivity index (χ1) is 8.11. The van der Waals surface area contributed by atoms with Crippen LogP contribution < -0.4 is 5.32 Å². The first-order valence-corrected chi connectivity index (χ1v) is 6.67. The highest BCUT2D eigenvalue weighted by Gasteiger charge is 2.39. The molecule has 94 valence electrons. The average molecular weight is 256 g/mol. The van der Waals surface area contributed by atoms with Crippen molar-refractivity contribution in [3.63, 3.8) is 0 Å². The monoisotopic (exact) mass is 255 g/mol. The van der Waals surface area contributed by atoms with Gasteiger partial charge in [-0.3, -0.25) is 0 Å². The summed E-state index contributed by atoms with van der Waals surface area (Å²) in [6.45, 7) is 5.29. The van der Waals surface area contributed by atoms with Gasteiger partial charge >= 0.3 is 0 Å². The minimum atomic E-state index is -0.186. The van der Waals surface area contributed by atoms with E-state index in [0.29, 0.717) is 17.0 Å². The topological polar surface area (TPSA) is 12.0 Å². The van der Waals surface area contributed by atoms with Gasteiger partial charge in [-0.15, -0.1) is 0 Å². The van der Waals surface area contributed by atoms with Crippen molar-refractivity contribution in [2.75, 3.05) is 6.54 Å². The third-order valence-corrected chi connectivity index (χ3v) is 3.84. The van der Waals surface area contributed by atoms with E-state index in [1.54, 1.807) is 12.1 Å². The quantitative estimate of drug-likeness (QED) is 0.847. The van der Waals surface area contributed by atoms with Crippen LogP contribution in [0.3, 0.4) is 0 Å². The summed E-state index contributed by atoms with van der Waals surface area (Å²) in [7, 11) is 0. The van der Waals surface area contributed by atoms with Crippen LogP contribution in [0.5, 0.6) is 0 Å². The van der Waals surface area contributed by atoms with Gasteiger partial charge < -0.3 is 5.32 Å². The fourth-order valence-electron chi connectivity index (χ4n) is 2.47. The van der Waals surface area contributed by atoms with Crippen molar-refractivity contribution in [2.24, 2.45) is 11.8 Å². The minimum Gasteiger partial charge on any atom is -0.314 e. The van der Waals surface area contributed by atoms with Gasteiger partial charge in [0, 0.05) is 11.1 Å². The van der Waals surface area contributed by atoms with Crippen LogP contribution in [-0.2, 0) is 6.42 Å². The smallest absolute Gasteiger partial charge is 0.127 e. The number of nitrogens with one attached hydrogen (secondary N) is 1. The molecule has 1 nitrogen and oxygen atoms in total. The summed E-state index contributed by atoms with van der Waals surface area (Å²) in [4.78, 5) is 0. The van der Waals surface area contributed by atoms with Gasteiger partial charge in [0.25, 0.3) is 0 Å². The summed E-state index contributed by atoms with van der Waals surface area (Å²) >= 11 is 5.76. The van der Waals surface area contributed by atoms with E-state index in [9.17, 15) is 4.39 Å². The molecule has 0 aliphatic heterocycles. The molecule has 3 heteroatoms. The second-order valence-corrected chi connectivity index (χ2v) is 5.42. The molecule has 0 amide bonds. The molecule has 1 aromatic rings. The molecular formula is C14H19ClFN. The van der Waals surface area contributed by atoms with Gasteiger partial charge in [0.1, 0.15) is 5.82 Å². The molecule has 0 bridgehead atoms. The lowest BCUT2D eigenvalue weighted by Crippen LogP contribution is -2.33. The van der Waals surface area contributed by atoms with Crippen molar-refractivity contribution in [1.82, 2.24) is 5.32 Å². The Kier molecular flexibility index (Phi) is 4.05. The average Bonchev–Trinajstić information content (AvgIpc) is 2.98. The number of rotatable bonds is 5. The standard InChI is InChI=1S/C14H19ClFN/c1-3-17-14(12-6-9(12)2)7-10-4-5-11(15)8-13(10)16/h4-5,8-9,12,14,17H,3,6-7H2,1-2H3. The second-order valence-electron chi connectivity index (χ2n) is 4.98. The van der Waals surface area contributed by atoms with Gasteiger partial charge in [0.15, 0.2) is 0 Å². The van der Waals surface area contributed by atoms with E-state index >= 15 is 0 Å². The molecule has 3 atom stereocenters. The maximum atomic E-state index is 13.7. The lowest BCUT2D eigenvalue weighted by molar-refractivity contribution is 0.446. The highest BCUT2D eigenvalue weighted by atomic mass is 35.5. The number of benzene rings is 1. The molecule has 0 spiro atoms. The van der Waals surface area contributed by atoms with Crippen LogP contribution in [-0.4, -0.2) is 12.6 Å². The van der Waals surface area contributed by atoms with Crippen LogP contribution in [0.1, 0.15) is 25.8 Å². The Morgan fingerprint density at radius 3 is 2.76 bits per heavy atom. The summed E-state index contributed by atoms with van der Waals surface area (Å²) in [5.41, 5.74) is 0.763. The van der Waals surface area contributed by atoms with E-state index in [1.165, 1.54) is 12.5 Å². The Balaban J connectivity index is 2.06. The Bertz CT molecular complexity index is 394. The molecule has 1 fully saturated rings. The molecule has 0 radical (unpaired) electrons. The predicted molar refractivity (Wildman–Crippen MR) is 69.8 cm³/mol. The van der Waals surface area contributed by atoms with E-state index in [4.69, 9.17) is 11.6 Å². The second kappa shape index (κ2) is 5.36. The van der Waals surface area contributed by atoms with Crippen LogP contribution >= 0.6 is 11.6 Å². The minimum absolute atomic E-state index is 0.186. The van der Waals surface area contributed by atoms with E-state index < -0.39 is 0 Å². The molecule has 3 unspecified atom stereocenters. The third-order valence-electron chi connectivity index (χ3n) is 3.61. The maximum absolute atomic E-state index is 13.7. The zero-order chi connectivity index (χ0) is 12.4. The van der Waals surface area contributed by atoms with Crippen LogP contribution in [0.25, 0.3) is 0 Å². The van der Waals surface area contributed by atoms with Crippen molar-refractivity contribution in [3.8, 4) is 0 Å². The first-order valence-electron chi connectivity index (χ1n) is 6.29. The Labute approximate surface area is 107 Å². The molecule has 1 saturated carbocycles. The fraction of sp³-hybridized carbons (Fsp3) is 0.571. The van der Waals surface area contributed by atoms with Crippen molar-refractivity contribution in [2.45, 2.75) is 32.7 Å². The summed E-state index contributed by atoms with van der Waals surface area (Å²) in [5, 5.41) is 3.93. The number of likely N-dealkylation sites (N-methyl/N-ethyl adjacent to an activating group) is 1. The van der Waals surface area contributed by atoms with E-state index in [-0.39, 0.29) is 5.82 Å². The normalized spacial score (nSPS) is 24.7. The lowest BCUT2D eigenvalue weighted by atomic mass is 10.0. The van der Waals surface area contributed by atoms with E-state index in [1.807, 2.05) is 0 Å². The van der Waals surface area contributed by atoms with Crippen molar-refractivity contribution in [1.29, 1.82) is 0 Å². The molecule has 2 rings (SSSR count). The Hall–Kier alpha value is -0.600. The summed E-state index contributed by atoms with van der Waals surface area (Å²) in [5.74, 6) is 1.29. The molecule has 0 aromatic heterocycles. The van der Waals surface area contributed by atoms with Gasteiger partial charge in [0.2, 0.25) is 0 Å². The summed E-state index contributed by atoms with van der Waals surface area (Å²) in [6, 6.07) is 5.36. The third kappa shape index (κ3) is 3.20. The van der Waals surface area contributed by atoms with Crippen molar-refractivity contribution < 1.29 is 4.39 Å². The predicted octanol–water partition coefficient (Wildman–Crippen LogP) is 3.66. The van der Waals surface area contributed by atoms with Crippen LogP contribution in [0.4, 0.5) is 4.39 Å². The molecule has 1 aliphatic carbocycles. The van der Waals surface area contributed by atoms with Gasteiger partial charge in [-0.05, 0) is 48.9 Å². The van der Waals surface area contributed by atoms with Crippen LogP contribution in [0.2, 0.25) is 5.02 Å². The number of hydrogen-bond donors (Lipinski definition) is 1. The lowest BCUT2D eigenvalue weighted by Gasteiger charge is -2.18. The summed E-state index contributed by atoms with van der Waals surface area (Å²) in [6.07, 6.45) is 2.01. The zero-order valence-corrected chi connectivity index (χ0v) is 11.1. The summed E-state index contributed by atoms with van der Waals surface area (Å²) < 4.78 is 13.7. The van der Waals surface area contributed by atoms with Crippen molar-refractivity contribution in [3.05, 3.63) is 34.6 Å².